The van der Waals surface area contributed by atoms with Gasteiger partial charge in [0.05, 0.1) is 53.3 Å². The summed E-state index contributed by atoms with van der Waals surface area (Å²) in [6.45, 7) is 3.18. The normalized spacial score (nSPS) is 15.0. The lowest BCUT2D eigenvalue weighted by atomic mass is 10.2. The quantitative estimate of drug-likeness (QED) is 0.518. The number of hydrogen-bond donors (Lipinski definition) is 1. The fourth-order valence-corrected chi connectivity index (χ4v) is 4.94. The molecule has 0 radical (unpaired) electrons. The molecule has 2 aromatic carbocycles. The van der Waals surface area contributed by atoms with Crippen molar-refractivity contribution in [1.82, 2.24) is 4.98 Å². The van der Waals surface area contributed by atoms with E-state index in [0.717, 1.165) is 37.7 Å². The summed E-state index contributed by atoms with van der Waals surface area (Å²) in [7, 11) is 0.120. The first-order valence-electron chi connectivity index (χ1n) is 11.0. The van der Waals surface area contributed by atoms with Crippen molar-refractivity contribution in [3.05, 3.63) is 60.3 Å². The fraction of sp³-hybridized carbons (Fsp3) is 0.280. The first-order valence-corrected chi connectivity index (χ1v) is 12.9. The second-order valence-corrected chi connectivity index (χ2v) is 10.2. The average molecular weight is 494 g/mol. The molecule has 1 N–H and O–H groups in total. The highest BCUT2D eigenvalue weighted by molar-refractivity contribution is 7.93. The maximum absolute atomic E-state index is 13.6. The van der Waals surface area contributed by atoms with Crippen LogP contribution in [0.2, 0.25) is 0 Å². The molecule has 10 heteroatoms. The van der Waals surface area contributed by atoms with Crippen LogP contribution in [0.4, 0.5) is 22.9 Å². The number of nitrogens with one attached hydrogen (secondary N) is 1. The number of rotatable bonds is 7. The Bertz CT molecular complexity index is 1330. The number of benzene rings is 2. The molecule has 0 saturated carbocycles. The molecule has 1 fully saturated rings. The number of ether oxygens (including phenoxy) is 3. The van der Waals surface area contributed by atoms with Crippen molar-refractivity contribution in [2.45, 2.75) is 4.90 Å². The Labute approximate surface area is 205 Å². The van der Waals surface area contributed by atoms with Gasteiger partial charge >= 0.3 is 0 Å². The van der Waals surface area contributed by atoms with Gasteiger partial charge in [0.25, 0.3) is 0 Å². The van der Waals surface area contributed by atoms with Crippen LogP contribution in [-0.4, -0.2) is 56.0 Å². The zero-order valence-electron chi connectivity index (χ0n) is 19.9. The van der Waals surface area contributed by atoms with Gasteiger partial charge in [-0.15, -0.1) is 0 Å². The highest BCUT2D eigenvalue weighted by Crippen LogP contribution is 2.31. The molecule has 2 heterocycles. The molecule has 1 aliphatic rings. The maximum atomic E-state index is 13.6. The van der Waals surface area contributed by atoms with E-state index in [-0.39, 0.29) is 11.3 Å². The maximum Gasteiger partial charge on any atom is 0.132 e. The first kappa shape index (κ1) is 24.3. The monoisotopic (exact) mass is 493 g/mol. The van der Waals surface area contributed by atoms with Crippen LogP contribution in [0.25, 0.3) is 0 Å². The Morgan fingerprint density at radius 1 is 1.09 bits per heavy atom. The van der Waals surface area contributed by atoms with Crippen molar-refractivity contribution in [3.63, 3.8) is 0 Å². The van der Waals surface area contributed by atoms with Crippen molar-refractivity contribution in [2.24, 2.45) is 4.36 Å². The van der Waals surface area contributed by atoms with Gasteiger partial charge < -0.3 is 24.4 Å². The highest BCUT2D eigenvalue weighted by Gasteiger charge is 2.14. The number of methoxy groups -OCH3 is 2. The second kappa shape index (κ2) is 10.6. The summed E-state index contributed by atoms with van der Waals surface area (Å²) in [5.41, 5.74) is 2.47. The molecule has 0 bridgehead atoms. The molecule has 0 spiro atoms. The van der Waals surface area contributed by atoms with Crippen molar-refractivity contribution in [2.75, 3.05) is 57.0 Å². The van der Waals surface area contributed by atoms with Crippen molar-refractivity contribution < 1.29 is 18.4 Å². The fourth-order valence-electron chi connectivity index (χ4n) is 3.64. The lowest BCUT2D eigenvalue weighted by molar-refractivity contribution is 0.122. The van der Waals surface area contributed by atoms with Gasteiger partial charge in [0.2, 0.25) is 0 Å². The molecule has 1 saturated heterocycles. The number of nitrogens with zero attached hydrogens (tertiary/aromatic N) is 4. The zero-order valence-corrected chi connectivity index (χ0v) is 20.7. The lowest BCUT2D eigenvalue weighted by Crippen LogP contribution is -2.36. The van der Waals surface area contributed by atoms with E-state index in [4.69, 9.17) is 14.2 Å². The minimum absolute atomic E-state index is 0.225. The summed E-state index contributed by atoms with van der Waals surface area (Å²) >= 11 is 0. The topological polar surface area (TPSA) is 109 Å². The zero-order chi connectivity index (χ0) is 24.8. The first-order chi connectivity index (χ1) is 16.9. The summed E-state index contributed by atoms with van der Waals surface area (Å²) in [6.07, 6.45) is 2.94. The molecule has 4 rings (SSSR count). The molecule has 35 heavy (non-hydrogen) atoms. The molecule has 1 atom stereocenters. The standard InChI is InChI=1S/C25H27N5O4S/c1-32-21-12-22(33-2)14-23(13-21)35(3,31)29-24-15-25(27-17-18(24)16-26)28-19-4-6-20(7-5-19)30-8-10-34-11-9-30/h4-7,12-15,17H,8-11H2,1-3H3,(H,27,28). The SMILES string of the molecule is COc1cc(OC)cc(S(C)(=O)=Nc2cc(Nc3ccc(N4CCOCC4)cc3)ncc2C#N)c1. The molecule has 1 aliphatic heterocycles. The summed E-state index contributed by atoms with van der Waals surface area (Å²) < 4.78 is 34.0. The van der Waals surface area contributed by atoms with Crippen LogP contribution in [0.3, 0.4) is 0 Å². The van der Waals surface area contributed by atoms with Gasteiger partial charge in [-0.3, -0.25) is 0 Å². The van der Waals surface area contributed by atoms with Crippen LogP contribution in [0.1, 0.15) is 5.56 Å². The molecular weight excluding hydrogens is 466 g/mol. The summed E-state index contributed by atoms with van der Waals surface area (Å²) in [6, 6.07) is 16.7. The number of aromatic nitrogens is 1. The lowest BCUT2D eigenvalue weighted by Gasteiger charge is -2.28. The van der Waals surface area contributed by atoms with E-state index < -0.39 is 9.73 Å². The number of hydrogen-bond acceptors (Lipinski definition) is 9. The summed E-state index contributed by atoms with van der Waals surface area (Å²) in [4.78, 5) is 7.03. The Kier molecular flexibility index (Phi) is 7.39. The van der Waals surface area contributed by atoms with Gasteiger partial charge in [0.1, 0.15) is 23.4 Å². The van der Waals surface area contributed by atoms with E-state index in [1.807, 2.05) is 24.3 Å². The van der Waals surface area contributed by atoms with Crippen LogP contribution >= 0.6 is 0 Å². The van der Waals surface area contributed by atoms with E-state index in [0.29, 0.717) is 22.2 Å². The van der Waals surface area contributed by atoms with Crippen molar-refractivity contribution in [1.29, 1.82) is 5.26 Å². The Balaban J connectivity index is 1.62. The number of anilines is 3. The van der Waals surface area contributed by atoms with Gasteiger partial charge in [0.15, 0.2) is 0 Å². The van der Waals surface area contributed by atoms with Crippen LogP contribution in [0.5, 0.6) is 11.5 Å². The number of pyridine rings is 1. The summed E-state index contributed by atoms with van der Waals surface area (Å²) in [5, 5.41) is 12.8. The van der Waals surface area contributed by atoms with Gasteiger partial charge in [-0.2, -0.15) is 9.62 Å². The van der Waals surface area contributed by atoms with Crippen LogP contribution < -0.4 is 19.7 Å². The Morgan fingerprint density at radius 3 is 2.34 bits per heavy atom. The molecule has 9 nitrogen and oxygen atoms in total. The van der Waals surface area contributed by atoms with Crippen molar-refractivity contribution >= 4 is 32.6 Å². The smallest absolute Gasteiger partial charge is 0.132 e. The van der Waals surface area contributed by atoms with E-state index in [9.17, 15) is 9.47 Å². The molecule has 1 aromatic heterocycles. The minimum Gasteiger partial charge on any atom is -0.497 e. The highest BCUT2D eigenvalue weighted by atomic mass is 32.2. The predicted octanol–water partition coefficient (Wildman–Crippen LogP) is 4.34. The Hall–Kier alpha value is -3.81. The van der Waals surface area contributed by atoms with Gasteiger partial charge in [-0.1, -0.05) is 0 Å². The molecule has 182 valence electrons. The van der Waals surface area contributed by atoms with Crippen molar-refractivity contribution in [3.8, 4) is 17.6 Å². The van der Waals surface area contributed by atoms with E-state index in [2.05, 4.69) is 25.6 Å². The second-order valence-electron chi connectivity index (χ2n) is 7.91. The van der Waals surface area contributed by atoms with E-state index in [1.54, 1.807) is 24.3 Å². The number of nitriles is 1. The number of morpholine rings is 1. The largest absolute Gasteiger partial charge is 0.497 e. The third-order valence-corrected chi connectivity index (χ3v) is 7.21. The average Bonchev–Trinajstić information content (AvgIpc) is 2.89. The molecule has 0 aliphatic carbocycles. The molecule has 1 unspecified atom stereocenters. The Morgan fingerprint density at radius 2 is 1.74 bits per heavy atom. The van der Waals surface area contributed by atoms with Crippen LogP contribution in [0.15, 0.2) is 64.0 Å². The third-order valence-electron chi connectivity index (χ3n) is 5.55. The molecular formula is C25H27N5O4S. The van der Waals surface area contributed by atoms with Crippen LogP contribution in [0, 0.1) is 11.3 Å². The van der Waals surface area contributed by atoms with Crippen LogP contribution in [-0.2, 0) is 14.5 Å². The minimum atomic E-state index is -2.93. The molecule has 0 amide bonds. The van der Waals surface area contributed by atoms with Gasteiger partial charge in [-0.05, 0) is 36.4 Å². The van der Waals surface area contributed by atoms with E-state index >= 15 is 0 Å². The summed E-state index contributed by atoms with van der Waals surface area (Å²) in [5.74, 6) is 1.49. The predicted molar refractivity (Wildman–Crippen MR) is 136 cm³/mol. The van der Waals surface area contributed by atoms with Gasteiger partial charge in [0, 0.05) is 49.0 Å². The van der Waals surface area contributed by atoms with E-state index in [1.165, 1.54) is 26.7 Å². The van der Waals surface area contributed by atoms with Gasteiger partial charge in [-0.25, -0.2) is 9.19 Å². The third kappa shape index (κ3) is 5.82. The molecule has 3 aromatic rings.